The van der Waals surface area contributed by atoms with E-state index < -0.39 is 5.97 Å². The van der Waals surface area contributed by atoms with Gasteiger partial charge in [0.1, 0.15) is 5.82 Å². The average molecular weight is 308 g/mol. The third kappa shape index (κ3) is 3.82. The van der Waals surface area contributed by atoms with Crippen LogP contribution in [0.5, 0.6) is 0 Å². The molecule has 1 unspecified atom stereocenters. The molecule has 0 bridgehead atoms. The summed E-state index contributed by atoms with van der Waals surface area (Å²) >= 11 is 0. The number of halogens is 1. The van der Waals surface area contributed by atoms with Crippen molar-refractivity contribution in [2.75, 3.05) is 26.2 Å². The third-order valence-corrected chi connectivity index (χ3v) is 4.11. The molecule has 0 radical (unpaired) electrons. The Bertz CT molecular complexity index is 569. The van der Waals surface area contributed by atoms with Crippen LogP contribution in [-0.4, -0.2) is 59.0 Å². The van der Waals surface area contributed by atoms with Gasteiger partial charge in [-0.25, -0.2) is 4.39 Å². The summed E-state index contributed by atoms with van der Waals surface area (Å²) < 4.78 is 13.1. The molecule has 1 fully saturated rings. The highest BCUT2D eigenvalue weighted by atomic mass is 19.1. The lowest BCUT2D eigenvalue weighted by molar-refractivity contribution is -0.138. The molecule has 0 aliphatic carbocycles. The molecule has 1 amide bonds. The predicted molar refractivity (Wildman–Crippen MR) is 80.3 cm³/mol. The lowest BCUT2D eigenvalue weighted by atomic mass is 10.1. The number of carbonyl (C=O) groups is 2. The first-order chi connectivity index (χ1) is 10.4. The summed E-state index contributed by atoms with van der Waals surface area (Å²) in [5.74, 6) is -1.25. The fourth-order valence-corrected chi connectivity index (χ4v) is 2.78. The van der Waals surface area contributed by atoms with E-state index in [2.05, 4.69) is 4.90 Å². The van der Waals surface area contributed by atoms with Crippen molar-refractivity contribution in [1.29, 1.82) is 0 Å². The van der Waals surface area contributed by atoms with Crippen molar-refractivity contribution >= 4 is 11.9 Å². The van der Waals surface area contributed by atoms with Gasteiger partial charge in [-0.1, -0.05) is 0 Å². The number of hydrogen-bond donors (Lipinski definition) is 1. The standard InChI is InChI=1S/C16H21FN2O3/c1-11-9-13(17)3-4-14(11)16(22)19-7-5-18(6-8-19)12(2)10-15(20)21/h3-4,9,12H,5-8,10H2,1-2H3,(H,20,21). The summed E-state index contributed by atoms with van der Waals surface area (Å²) in [6, 6.07) is 4.14. The first kappa shape index (κ1) is 16.4. The van der Waals surface area contributed by atoms with Crippen molar-refractivity contribution < 1.29 is 19.1 Å². The Balaban J connectivity index is 1.96. The van der Waals surface area contributed by atoms with Gasteiger partial charge in [-0.15, -0.1) is 0 Å². The van der Waals surface area contributed by atoms with Crippen LogP contribution in [0, 0.1) is 12.7 Å². The van der Waals surface area contributed by atoms with E-state index in [0.29, 0.717) is 37.3 Å². The number of carboxylic acids is 1. The molecular formula is C16H21FN2O3. The van der Waals surface area contributed by atoms with Crippen LogP contribution < -0.4 is 0 Å². The maximum Gasteiger partial charge on any atom is 0.304 e. The molecule has 1 aromatic rings. The molecule has 0 aromatic heterocycles. The fourth-order valence-electron chi connectivity index (χ4n) is 2.78. The highest BCUT2D eigenvalue weighted by molar-refractivity contribution is 5.95. The molecule has 1 saturated heterocycles. The van der Waals surface area contributed by atoms with E-state index in [0.717, 1.165) is 0 Å². The smallest absolute Gasteiger partial charge is 0.304 e. The Hall–Kier alpha value is -1.95. The zero-order valence-corrected chi connectivity index (χ0v) is 12.9. The zero-order chi connectivity index (χ0) is 16.3. The van der Waals surface area contributed by atoms with Crippen LogP contribution in [0.2, 0.25) is 0 Å². The van der Waals surface area contributed by atoms with Crippen molar-refractivity contribution in [3.8, 4) is 0 Å². The monoisotopic (exact) mass is 308 g/mol. The molecule has 1 aliphatic rings. The van der Waals surface area contributed by atoms with Gasteiger partial charge >= 0.3 is 5.97 Å². The van der Waals surface area contributed by atoms with Crippen molar-refractivity contribution in [1.82, 2.24) is 9.80 Å². The number of benzene rings is 1. The number of amides is 1. The molecule has 1 atom stereocenters. The molecule has 5 nitrogen and oxygen atoms in total. The SMILES string of the molecule is Cc1cc(F)ccc1C(=O)N1CCN(C(C)CC(=O)O)CC1. The van der Waals surface area contributed by atoms with Crippen LogP contribution in [0.3, 0.4) is 0 Å². The van der Waals surface area contributed by atoms with Crippen LogP contribution in [0.1, 0.15) is 29.3 Å². The molecule has 1 aromatic carbocycles. The van der Waals surface area contributed by atoms with Crippen molar-refractivity contribution in [2.24, 2.45) is 0 Å². The second kappa shape index (κ2) is 6.87. The first-order valence-corrected chi connectivity index (χ1v) is 7.39. The second-order valence-electron chi connectivity index (χ2n) is 5.73. The topological polar surface area (TPSA) is 60.9 Å². The Morgan fingerprint density at radius 3 is 2.45 bits per heavy atom. The van der Waals surface area contributed by atoms with Gasteiger partial charge < -0.3 is 10.0 Å². The molecule has 1 aliphatic heterocycles. The number of nitrogens with zero attached hydrogens (tertiary/aromatic N) is 2. The fraction of sp³-hybridized carbons (Fsp3) is 0.500. The van der Waals surface area contributed by atoms with Crippen LogP contribution in [0.15, 0.2) is 18.2 Å². The Labute approximate surface area is 129 Å². The molecule has 1 N–H and O–H groups in total. The van der Waals surface area contributed by atoms with E-state index in [4.69, 9.17) is 5.11 Å². The highest BCUT2D eigenvalue weighted by Crippen LogP contribution is 2.16. The Morgan fingerprint density at radius 2 is 1.91 bits per heavy atom. The van der Waals surface area contributed by atoms with Gasteiger partial charge in [0.25, 0.3) is 5.91 Å². The number of carboxylic acid groups (broad SMARTS) is 1. The summed E-state index contributed by atoms with van der Waals surface area (Å²) in [5.41, 5.74) is 1.15. The molecule has 6 heteroatoms. The summed E-state index contributed by atoms with van der Waals surface area (Å²) in [6.07, 6.45) is 0.102. The minimum absolute atomic E-state index is 0.0395. The first-order valence-electron chi connectivity index (χ1n) is 7.39. The van der Waals surface area contributed by atoms with Gasteiger partial charge in [-0.2, -0.15) is 0 Å². The van der Waals surface area contributed by atoms with E-state index in [-0.39, 0.29) is 24.2 Å². The molecule has 2 rings (SSSR count). The summed E-state index contributed by atoms with van der Waals surface area (Å²) in [5, 5.41) is 8.83. The van der Waals surface area contributed by atoms with E-state index >= 15 is 0 Å². The van der Waals surface area contributed by atoms with E-state index in [1.165, 1.54) is 18.2 Å². The number of aryl methyl sites for hydroxylation is 1. The number of carbonyl (C=O) groups excluding carboxylic acids is 1. The minimum Gasteiger partial charge on any atom is -0.481 e. The molecular weight excluding hydrogens is 287 g/mol. The van der Waals surface area contributed by atoms with Gasteiger partial charge in [0.05, 0.1) is 6.42 Å². The van der Waals surface area contributed by atoms with Crippen LogP contribution >= 0.6 is 0 Å². The van der Waals surface area contributed by atoms with Gasteiger partial charge in [0.15, 0.2) is 0 Å². The third-order valence-electron chi connectivity index (χ3n) is 4.11. The quantitative estimate of drug-likeness (QED) is 0.920. The zero-order valence-electron chi connectivity index (χ0n) is 12.9. The van der Waals surface area contributed by atoms with Crippen molar-refractivity contribution in [3.05, 3.63) is 35.1 Å². The number of piperazine rings is 1. The van der Waals surface area contributed by atoms with Gasteiger partial charge in [-0.05, 0) is 37.6 Å². The molecule has 120 valence electrons. The van der Waals surface area contributed by atoms with Crippen molar-refractivity contribution in [2.45, 2.75) is 26.3 Å². The predicted octanol–water partition coefficient (Wildman–Crippen LogP) is 1.76. The van der Waals surface area contributed by atoms with E-state index in [1.807, 2.05) is 6.92 Å². The van der Waals surface area contributed by atoms with Crippen LogP contribution in [0.4, 0.5) is 4.39 Å². The van der Waals surface area contributed by atoms with Gasteiger partial charge in [0.2, 0.25) is 0 Å². The van der Waals surface area contributed by atoms with Crippen LogP contribution in [0.25, 0.3) is 0 Å². The maximum atomic E-state index is 13.1. The normalized spacial score (nSPS) is 17.3. The number of aliphatic carboxylic acids is 1. The van der Waals surface area contributed by atoms with Crippen molar-refractivity contribution in [3.63, 3.8) is 0 Å². The van der Waals surface area contributed by atoms with E-state index in [9.17, 15) is 14.0 Å². The largest absolute Gasteiger partial charge is 0.481 e. The lowest BCUT2D eigenvalue weighted by Gasteiger charge is -2.37. The van der Waals surface area contributed by atoms with E-state index in [1.54, 1.807) is 11.8 Å². The molecule has 0 spiro atoms. The average Bonchev–Trinajstić information content (AvgIpc) is 2.46. The molecule has 22 heavy (non-hydrogen) atoms. The van der Waals surface area contributed by atoms with Crippen LogP contribution in [-0.2, 0) is 4.79 Å². The second-order valence-corrected chi connectivity index (χ2v) is 5.73. The van der Waals surface area contributed by atoms with Gasteiger partial charge in [-0.3, -0.25) is 14.5 Å². The number of hydrogen-bond acceptors (Lipinski definition) is 3. The van der Waals surface area contributed by atoms with Gasteiger partial charge in [0, 0.05) is 37.8 Å². The minimum atomic E-state index is -0.812. The molecule has 1 heterocycles. The summed E-state index contributed by atoms with van der Waals surface area (Å²) in [4.78, 5) is 27.0. The summed E-state index contributed by atoms with van der Waals surface area (Å²) in [7, 11) is 0. The lowest BCUT2D eigenvalue weighted by Crippen LogP contribution is -2.51. The number of rotatable bonds is 4. The highest BCUT2D eigenvalue weighted by Gasteiger charge is 2.26. The molecule has 0 saturated carbocycles. The Morgan fingerprint density at radius 1 is 1.27 bits per heavy atom. The summed E-state index contributed by atoms with van der Waals surface area (Å²) in [6.45, 7) is 6.03. The Kier molecular flexibility index (Phi) is 5.13. The maximum absolute atomic E-state index is 13.1.